The molecule has 140 valence electrons. The maximum Gasteiger partial charge on any atom is 0.274 e. The van der Waals surface area contributed by atoms with Crippen molar-refractivity contribution in [2.45, 2.75) is 38.8 Å². The molecule has 0 bridgehead atoms. The summed E-state index contributed by atoms with van der Waals surface area (Å²) in [4.78, 5) is 27.9. The van der Waals surface area contributed by atoms with Crippen LogP contribution in [0.2, 0.25) is 0 Å². The molecule has 1 aliphatic heterocycles. The molecule has 27 heavy (non-hydrogen) atoms. The minimum atomic E-state index is -0.394. The highest BCUT2D eigenvalue weighted by atomic mass is 32.1. The first-order valence-corrected chi connectivity index (χ1v) is 9.84. The van der Waals surface area contributed by atoms with Gasteiger partial charge < -0.3 is 10.2 Å². The standard InChI is InChI=1S/C19H20FN5OS/c1-11-4-3-6-25(11)18(26)16-17-15(5-7-27-17)23-19(24-16)22-12(2)13-8-14(20)10-21-9-13/h5,7-12H,3-4,6H2,1-2H3,(H,22,23,24)/t11-,12-/m0/s1. The van der Waals surface area contributed by atoms with Gasteiger partial charge in [0.2, 0.25) is 5.95 Å². The van der Waals surface area contributed by atoms with E-state index in [1.807, 2.05) is 23.3 Å². The number of pyridine rings is 1. The van der Waals surface area contributed by atoms with Crippen molar-refractivity contribution in [1.82, 2.24) is 19.9 Å². The molecule has 1 N–H and O–H groups in total. The largest absolute Gasteiger partial charge is 0.348 e. The van der Waals surface area contributed by atoms with Crippen molar-refractivity contribution < 1.29 is 9.18 Å². The molecule has 1 aliphatic rings. The zero-order valence-electron chi connectivity index (χ0n) is 15.1. The predicted octanol–water partition coefficient (Wildman–Crippen LogP) is 4.02. The number of hydrogen-bond acceptors (Lipinski definition) is 6. The lowest BCUT2D eigenvalue weighted by atomic mass is 10.1. The van der Waals surface area contributed by atoms with Crippen LogP contribution >= 0.6 is 11.3 Å². The Morgan fingerprint density at radius 3 is 3.00 bits per heavy atom. The normalized spacial score (nSPS) is 18.0. The molecule has 3 aromatic heterocycles. The molecule has 1 saturated heterocycles. The third-order valence-corrected chi connectivity index (χ3v) is 5.80. The van der Waals surface area contributed by atoms with E-state index in [1.165, 1.54) is 17.4 Å². The Labute approximate surface area is 160 Å². The molecular formula is C19H20FN5OS. The summed E-state index contributed by atoms with van der Waals surface area (Å²) in [6, 6.07) is 3.27. The Hall–Kier alpha value is -2.61. The van der Waals surface area contributed by atoms with Gasteiger partial charge in [-0.05, 0) is 49.8 Å². The van der Waals surface area contributed by atoms with Crippen molar-refractivity contribution in [3.63, 3.8) is 0 Å². The number of carbonyl (C=O) groups excluding carboxylic acids is 1. The number of fused-ring (bicyclic) bond motifs is 1. The van der Waals surface area contributed by atoms with E-state index in [9.17, 15) is 9.18 Å². The van der Waals surface area contributed by atoms with Gasteiger partial charge in [-0.25, -0.2) is 14.4 Å². The summed E-state index contributed by atoms with van der Waals surface area (Å²) >= 11 is 1.47. The van der Waals surface area contributed by atoms with Gasteiger partial charge in [0.15, 0.2) is 5.69 Å². The number of nitrogens with one attached hydrogen (secondary N) is 1. The van der Waals surface area contributed by atoms with Crippen LogP contribution in [0, 0.1) is 5.82 Å². The van der Waals surface area contributed by atoms with Crippen LogP contribution in [0.4, 0.5) is 10.3 Å². The van der Waals surface area contributed by atoms with Crippen LogP contribution in [0.3, 0.4) is 0 Å². The van der Waals surface area contributed by atoms with Crippen LogP contribution in [-0.2, 0) is 0 Å². The van der Waals surface area contributed by atoms with Crippen molar-refractivity contribution in [1.29, 1.82) is 0 Å². The summed E-state index contributed by atoms with van der Waals surface area (Å²) < 4.78 is 14.2. The number of aromatic nitrogens is 3. The summed E-state index contributed by atoms with van der Waals surface area (Å²) in [7, 11) is 0. The highest BCUT2D eigenvalue weighted by molar-refractivity contribution is 7.17. The maximum absolute atomic E-state index is 13.4. The fraction of sp³-hybridized carbons (Fsp3) is 0.368. The minimum absolute atomic E-state index is 0.0574. The molecule has 2 atom stereocenters. The molecule has 0 spiro atoms. The summed E-state index contributed by atoms with van der Waals surface area (Å²) in [5.74, 6) is -0.0971. The molecular weight excluding hydrogens is 365 g/mol. The van der Waals surface area contributed by atoms with E-state index in [1.54, 1.807) is 6.20 Å². The van der Waals surface area contributed by atoms with E-state index in [4.69, 9.17) is 0 Å². The molecule has 0 aromatic carbocycles. The molecule has 4 heterocycles. The summed E-state index contributed by atoms with van der Waals surface area (Å²) in [5, 5.41) is 5.08. The van der Waals surface area contributed by atoms with Crippen LogP contribution in [0.25, 0.3) is 10.2 Å². The third kappa shape index (κ3) is 3.49. The highest BCUT2D eigenvalue weighted by Crippen LogP contribution is 2.28. The summed E-state index contributed by atoms with van der Waals surface area (Å²) in [6.45, 7) is 4.70. The maximum atomic E-state index is 13.4. The monoisotopic (exact) mass is 385 g/mol. The van der Waals surface area contributed by atoms with Crippen LogP contribution in [-0.4, -0.2) is 38.3 Å². The second kappa shape index (κ2) is 7.19. The summed E-state index contributed by atoms with van der Waals surface area (Å²) in [6.07, 6.45) is 4.79. The molecule has 0 aliphatic carbocycles. The van der Waals surface area contributed by atoms with Crippen LogP contribution < -0.4 is 5.32 Å². The Morgan fingerprint density at radius 2 is 2.26 bits per heavy atom. The predicted molar refractivity (Wildman–Crippen MR) is 103 cm³/mol. The lowest BCUT2D eigenvalue weighted by Gasteiger charge is -2.21. The van der Waals surface area contributed by atoms with E-state index in [0.29, 0.717) is 17.2 Å². The van der Waals surface area contributed by atoms with Gasteiger partial charge in [0.05, 0.1) is 22.5 Å². The number of carbonyl (C=O) groups is 1. The molecule has 6 nitrogen and oxygen atoms in total. The lowest BCUT2D eigenvalue weighted by Crippen LogP contribution is -2.34. The average Bonchev–Trinajstić information content (AvgIpc) is 3.29. The average molecular weight is 385 g/mol. The van der Waals surface area contributed by atoms with Gasteiger partial charge in [-0.15, -0.1) is 11.3 Å². The molecule has 4 rings (SSSR count). The zero-order chi connectivity index (χ0) is 19.0. The molecule has 3 aromatic rings. The van der Waals surface area contributed by atoms with Crippen LogP contribution in [0.1, 0.15) is 48.8 Å². The first-order chi connectivity index (χ1) is 13.0. The quantitative estimate of drug-likeness (QED) is 0.734. The summed E-state index contributed by atoms with van der Waals surface area (Å²) in [5.41, 5.74) is 1.85. The third-order valence-electron chi connectivity index (χ3n) is 4.89. The first kappa shape index (κ1) is 17.8. The van der Waals surface area contributed by atoms with E-state index in [-0.39, 0.29) is 18.0 Å². The van der Waals surface area contributed by atoms with Gasteiger partial charge in [0.1, 0.15) is 5.82 Å². The molecule has 0 saturated carbocycles. The zero-order valence-corrected chi connectivity index (χ0v) is 16.0. The van der Waals surface area contributed by atoms with Gasteiger partial charge in [-0.1, -0.05) is 0 Å². The number of amides is 1. The van der Waals surface area contributed by atoms with E-state index in [0.717, 1.165) is 35.8 Å². The van der Waals surface area contributed by atoms with Gasteiger partial charge >= 0.3 is 0 Å². The number of thiophene rings is 1. The Kier molecular flexibility index (Phi) is 4.73. The van der Waals surface area contributed by atoms with Gasteiger partial charge in [-0.3, -0.25) is 9.78 Å². The molecule has 8 heteroatoms. The molecule has 1 fully saturated rings. The number of nitrogens with zero attached hydrogens (tertiary/aromatic N) is 4. The molecule has 0 unspecified atom stereocenters. The van der Waals surface area contributed by atoms with Crippen molar-refractivity contribution in [2.75, 3.05) is 11.9 Å². The second-order valence-corrected chi connectivity index (χ2v) is 7.74. The number of halogens is 1. The number of rotatable bonds is 4. The van der Waals surface area contributed by atoms with E-state index in [2.05, 4.69) is 27.2 Å². The van der Waals surface area contributed by atoms with Crippen LogP contribution in [0.5, 0.6) is 0 Å². The van der Waals surface area contributed by atoms with Crippen molar-refractivity contribution in [3.05, 3.63) is 47.0 Å². The first-order valence-electron chi connectivity index (χ1n) is 8.96. The van der Waals surface area contributed by atoms with Gasteiger partial charge in [0, 0.05) is 18.8 Å². The van der Waals surface area contributed by atoms with Crippen LogP contribution in [0.15, 0.2) is 29.9 Å². The SMILES string of the molecule is C[C@H](Nc1nc(C(=O)N2CCC[C@@H]2C)c2sccc2n1)c1cncc(F)c1. The van der Waals surface area contributed by atoms with E-state index >= 15 is 0 Å². The van der Waals surface area contributed by atoms with Crippen molar-refractivity contribution in [3.8, 4) is 0 Å². The Morgan fingerprint density at radius 1 is 1.41 bits per heavy atom. The van der Waals surface area contributed by atoms with Gasteiger partial charge in [-0.2, -0.15) is 0 Å². The second-order valence-electron chi connectivity index (χ2n) is 6.82. The number of anilines is 1. The molecule has 0 radical (unpaired) electrons. The van der Waals surface area contributed by atoms with Gasteiger partial charge in [0.25, 0.3) is 5.91 Å². The Bertz CT molecular complexity index is 991. The lowest BCUT2D eigenvalue weighted by molar-refractivity contribution is 0.0744. The Balaban J connectivity index is 1.67. The number of likely N-dealkylation sites (tertiary alicyclic amines) is 1. The fourth-order valence-corrected chi connectivity index (χ4v) is 4.20. The number of hydrogen-bond donors (Lipinski definition) is 1. The van der Waals surface area contributed by atoms with E-state index < -0.39 is 5.82 Å². The minimum Gasteiger partial charge on any atom is -0.348 e. The topological polar surface area (TPSA) is 71.0 Å². The highest BCUT2D eigenvalue weighted by Gasteiger charge is 2.29. The van der Waals surface area contributed by atoms with Crippen molar-refractivity contribution in [2.24, 2.45) is 0 Å². The smallest absolute Gasteiger partial charge is 0.274 e. The molecule has 1 amide bonds. The van der Waals surface area contributed by atoms with Crippen molar-refractivity contribution >= 4 is 33.4 Å². The fourth-order valence-electron chi connectivity index (χ4n) is 3.39.